The average molecular weight is 682 g/mol. The fourth-order valence-electron chi connectivity index (χ4n) is 6.11. The molecule has 1 amide bonds. The Hall–Kier alpha value is -3.09. The van der Waals surface area contributed by atoms with Crippen LogP contribution in [0.3, 0.4) is 0 Å². The second kappa shape index (κ2) is 16.1. The normalized spacial score (nSPS) is 18.4. The standard InChI is InChI=1S/C37H48ClN3O7/c1-23(7-5-6-18-41(2)36(47)35(46)34(45)33(44)31(43)22-42)24-10-13-30(38)25(19-24)20-40-37(15-16-37)29-21-39-17-14-27(29)28-8-3-4-9-32(28)48-26-11-12-26/h3-4,8-10,13-14,17,19,21,23,26,31,33-35,40,42-46H,5-7,11-12,15-16,18,20,22H2,1-2H3/t23?,31-,33+,34-,35-/m0/s1. The number of nitrogens with one attached hydrogen (secondary N) is 1. The molecule has 48 heavy (non-hydrogen) atoms. The molecule has 260 valence electrons. The number of para-hydroxylation sites is 1. The van der Waals surface area contributed by atoms with Crippen LogP contribution in [0.25, 0.3) is 11.1 Å². The van der Waals surface area contributed by atoms with E-state index in [0.29, 0.717) is 30.6 Å². The number of ether oxygens (including phenoxy) is 1. The van der Waals surface area contributed by atoms with Gasteiger partial charge in [0.1, 0.15) is 24.1 Å². The lowest BCUT2D eigenvalue weighted by Gasteiger charge is -2.28. The van der Waals surface area contributed by atoms with Gasteiger partial charge in [0.05, 0.1) is 12.7 Å². The van der Waals surface area contributed by atoms with Gasteiger partial charge in [-0.1, -0.05) is 55.3 Å². The Bertz CT molecular complexity index is 1530. The molecule has 2 fully saturated rings. The first kappa shape index (κ1) is 36.2. The zero-order valence-electron chi connectivity index (χ0n) is 27.6. The van der Waals surface area contributed by atoms with Crippen molar-refractivity contribution in [1.29, 1.82) is 0 Å². The molecule has 0 aliphatic heterocycles. The van der Waals surface area contributed by atoms with Gasteiger partial charge in [0.25, 0.3) is 5.91 Å². The number of carbonyl (C=O) groups excluding carboxylic acids is 1. The molecule has 1 heterocycles. The Morgan fingerprint density at radius 1 is 1.06 bits per heavy atom. The number of aliphatic hydroxyl groups excluding tert-OH is 5. The van der Waals surface area contributed by atoms with E-state index >= 15 is 0 Å². The number of aromatic nitrogens is 1. The van der Waals surface area contributed by atoms with Crippen molar-refractivity contribution >= 4 is 17.5 Å². The zero-order chi connectivity index (χ0) is 34.4. The number of hydrogen-bond donors (Lipinski definition) is 6. The van der Waals surface area contributed by atoms with E-state index in [1.54, 1.807) is 0 Å². The minimum absolute atomic E-state index is 0.189. The lowest BCUT2D eigenvalue weighted by molar-refractivity contribution is -0.157. The molecular weight excluding hydrogens is 634 g/mol. The highest BCUT2D eigenvalue weighted by atomic mass is 35.5. The van der Waals surface area contributed by atoms with Gasteiger partial charge >= 0.3 is 0 Å². The number of halogens is 1. The van der Waals surface area contributed by atoms with Crippen molar-refractivity contribution in [2.45, 2.75) is 100 Å². The Balaban J connectivity index is 1.16. The third kappa shape index (κ3) is 8.73. The van der Waals surface area contributed by atoms with Crippen LogP contribution in [0.2, 0.25) is 5.02 Å². The minimum Gasteiger partial charge on any atom is -0.490 e. The second-order valence-electron chi connectivity index (χ2n) is 13.4. The van der Waals surface area contributed by atoms with E-state index in [0.717, 1.165) is 61.0 Å². The van der Waals surface area contributed by atoms with Crippen molar-refractivity contribution in [1.82, 2.24) is 15.2 Å². The Morgan fingerprint density at radius 3 is 2.52 bits per heavy atom. The van der Waals surface area contributed by atoms with E-state index in [1.165, 1.54) is 23.1 Å². The Kier molecular flexibility index (Phi) is 12.1. The molecule has 2 aliphatic carbocycles. The van der Waals surface area contributed by atoms with Crippen molar-refractivity contribution in [3.8, 4) is 16.9 Å². The number of likely N-dealkylation sites (N-methyl/N-ethyl adjacent to an activating group) is 1. The minimum atomic E-state index is -1.92. The number of aliphatic hydroxyl groups is 5. The maximum Gasteiger partial charge on any atom is 0.253 e. The van der Waals surface area contributed by atoms with Crippen LogP contribution in [-0.4, -0.2) is 92.0 Å². The molecule has 6 N–H and O–H groups in total. The highest BCUT2D eigenvalue weighted by molar-refractivity contribution is 6.31. The van der Waals surface area contributed by atoms with Crippen LogP contribution in [-0.2, 0) is 16.9 Å². The average Bonchev–Trinajstić information content (AvgIpc) is 4.05. The van der Waals surface area contributed by atoms with Crippen LogP contribution in [0.5, 0.6) is 5.75 Å². The van der Waals surface area contributed by atoms with Gasteiger partial charge in [0.15, 0.2) is 6.10 Å². The third-order valence-corrected chi connectivity index (χ3v) is 9.97. The molecule has 5 atom stereocenters. The van der Waals surface area contributed by atoms with Crippen LogP contribution in [0, 0.1) is 0 Å². The molecule has 2 aliphatic rings. The number of nitrogens with zero attached hydrogens (tertiary/aromatic N) is 2. The predicted octanol–water partition coefficient (Wildman–Crippen LogP) is 3.89. The van der Waals surface area contributed by atoms with Crippen LogP contribution in [0.4, 0.5) is 0 Å². The summed E-state index contributed by atoms with van der Waals surface area (Å²) in [5, 5.41) is 53.0. The van der Waals surface area contributed by atoms with Gasteiger partial charge in [-0.25, -0.2) is 0 Å². The van der Waals surface area contributed by atoms with Gasteiger partial charge < -0.3 is 40.5 Å². The molecule has 2 aromatic carbocycles. The summed E-state index contributed by atoms with van der Waals surface area (Å²) >= 11 is 6.70. The molecule has 1 unspecified atom stereocenters. The van der Waals surface area contributed by atoms with Gasteiger partial charge in [-0.2, -0.15) is 0 Å². The van der Waals surface area contributed by atoms with Gasteiger partial charge in [0, 0.05) is 48.7 Å². The number of rotatable bonds is 18. The van der Waals surface area contributed by atoms with Gasteiger partial charge in [-0.05, 0) is 84.9 Å². The van der Waals surface area contributed by atoms with Crippen LogP contribution in [0.15, 0.2) is 60.9 Å². The van der Waals surface area contributed by atoms with Crippen LogP contribution in [0.1, 0.15) is 74.5 Å². The topological polar surface area (TPSA) is 156 Å². The van der Waals surface area contributed by atoms with Gasteiger partial charge in [-0.15, -0.1) is 0 Å². The molecule has 5 rings (SSSR count). The Morgan fingerprint density at radius 2 is 1.81 bits per heavy atom. The summed E-state index contributed by atoms with van der Waals surface area (Å²) in [7, 11) is 1.51. The fourth-order valence-corrected chi connectivity index (χ4v) is 6.29. The van der Waals surface area contributed by atoms with Crippen molar-refractivity contribution in [2.24, 2.45) is 0 Å². The number of unbranched alkanes of at least 4 members (excludes halogenated alkanes) is 1. The summed E-state index contributed by atoms with van der Waals surface area (Å²) in [6, 6.07) is 16.5. The molecule has 10 nitrogen and oxygen atoms in total. The summed E-state index contributed by atoms with van der Waals surface area (Å²) in [4.78, 5) is 18.3. The highest BCUT2D eigenvalue weighted by Gasteiger charge is 2.46. The lowest BCUT2D eigenvalue weighted by atomic mass is 9.93. The maximum absolute atomic E-state index is 12.5. The number of carbonyl (C=O) groups is 1. The number of benzene rings is 2. The van der Waals surface area contributed by atoms with Crippen molar-refractivity contribution in [3.63, 3.8) is 0 Å². The molecule has 3 aromatic rings. The zero-order valence-corrected chi connectivity index (χ0v) is 28.4. The molecule has 0 spiro atoms. The third-order valence-electron chi connectivity index (χ3n) is 9.60. The molecule has 2 saturated carbocycles. The first-order valence-electron chi connectivity index (χ1n) is 16.9. The first-order chi connectivity index (χ1) is 23.0. The van der Waals surface area contributed by atoms with E-state index in [2.05, 4.69) is 41.5 Å². The van der Waals surface area contributed by atoms with E-state index in [4.69, 9.17) is 21.4 Å². The highest BCUT2D eigenvalue weighted by Crippen LogP contribution is 2.50. The summed E-state index contributed by atoms with van der Waals surface area (Å²) < 4.78 is 6.26. The van der Waals surface area contributed by atoms with Crippen LogP contribution < -0.4 is 10.1 Å². The number of pyridine rings is 1. The summed E-state index contributed by atoms with van der Waals surface area (Å²) in [6.07, 6.45) is 3.34. The summed E-state index contributed by atoms with van der Waals surface area (Å²) in [5.74, 6) is 0.391. The van der Waals surface area contributed by atoms with Gasteiger partial charge in [0.2, 0.25) is 0 Å². The molecule has 11 heteroatoms. The molecule has 1 aromatic heterocycles. The molecular formula is C37H48ClN3O7. The SMILES string of the molecule is CC(CCCCN(C)C(=O)[C@@H](O)[C@@H](O)[C@H](O)[C@@H](O)CO)c1ccc(Cl)c(CNC2(c3cnccc3-c3ccccc3OC3CC3)CC2)c1. The first-order valence-corrected chi connectivity index (χ1v) is 17.2. The summed E-state index contributed by atoms with van der Waals surface area (Å²) in [5.41, 5.74) is 5.41. The van der Waals surface area contributed by atoms with Crippen molar-refractivity contribution in [3.05, 3.63) is 82.6 Å². The largest absolute Gasteiger partial charge is 0.490 e. The van der Waals surface area contributed by atoms with E-state index in [9.17, 15) is 25.2 Å². The molecule has 0 radical (unpaired) electrons. The van der Waals surface area contributed by atoms with Crippen molar-refractivity contribution in [2.75, 3.05) is 20.2 Å². The van der Waals surface area contributed by atoms with E-state index in [1.807, 2.05) is 36.7 Å². The molecule has 0 bridgehead atoms. The Labute approximate surface area is 287 Å². The van der Waals surface area contributed by atoms with E-state index < -0.39 is 36.9 Å². The quantitative estimate of drug-likeness (QED) is 0.110. The summed E-state index contributed by atoms with van der Waals surface area (Å²) in [6.45, 7) is 2.31. The maximum atomic E-state index is 12.5. The molecule has 0 saturated heterocycles. The number of hydrogen-bond acceptors (Lipinski definition) is 9. The monoisotopic (exact) mass is 681 g/mol. The second-order valence-corrected chi connectivity index (χ2v) is 13.8. The van der Waals surface area contributed by atoms with Crippen molar-refractivity contribution < 1.29 is 35.1 Å². The van der Waals surface area contributed by atoms with Gasteiger partial charge in [-0.3, -0.25) is 9.78 Å². The smallest absolute Gasteiger partial charge is 0.253 e. The van der Waals surface area contributed by atoms with E-state index in [-0.39, 0.29) is 11.5 Å². The number of amides is 1. The van der Waals surface area contributed by atoms with Crippen LogP contribution >= 0.6 is 11.6 Å². The fraction of sp³-hybridized carbons (Fsp3) is 0.514. The predicted molar refractivity (Wildman–Crippen MR) is 184 cm³/mol. The lowest BCUT2D eigenvalue weighted by Crippen LogP contribution is -2.52.